The SMILES string of the molecule is C[C@@H](CC(=O)N1CCC(C(=O)c2cnn(C)c2)CC1)CC1=Cc2ccccc2C(C=O)N1. The van der Waals surface area contributed by atoms with E-state index in [0.29, 0.717) is 44.3 Å². The number of aldehydes is 1. The Kier molecular flexibility index (Phi) is 6.53. The van der Waals surface area contributed by atoms with Gasteiger partial charge in [0, 0.05) is 44.4 Å². The zero-order valence-corrected chi connectivity index (χ0v) is 18.7. The number of hydrogen-bond acceptors (Lipinski definition) is 5. The Hall–Kier alpha value is -3.22. The average Bonchev–Trinajstić information content (AvgIpc) is 3.24. The number of rotatable bonds is 7. The minimum Gasteiger partial charge on any atom is -0.375 e. The summed E-state index contributed by atoms with van der Waals surface area (Å²) in [6.07, 6.45) is 8.92. The highest BCUT2D eigenvalue weighted by Gasteiger charge is 2.29. The number of ketones is 1. The van der Waals surface area contributed by atoms with Crippen LogP contribution in [0.1, 0.15) is 60.1 Å². The van der Waals surface area contributed by atoms with Crippen LogP contribution in [0.3, 0.4) is 0 Å². The lowest BCUT2D eigenvalue weighted by atomic mass is 9.89. The third-order valence-corrected chi connectivity index (χ3v) is 6.44. The number of benzene rings is 1. The largest absolute Gasteiger partial charge is 0.375 e. The molecular formula is C25H30N4O3. The van der Waals surface area contributed by atoms with E-state index in [9.17, 15) is 14.4 Å². The van der Waals surface area contributed by atoms with Crippen molar-refractivity contribution in [3.63, 3.8) is 0 Å². The smallest absolute Gasteiger partial charge is 0.222 e. The van der Waals surface area contributed by atoms with E-state index in [1.54, 1.807) is 24.1 Å². The summed E-state index contributed by atoms with van der Waals surface area (Å²) in [5.41, 5.74) is 3.67. The van der Waals surface area contributed by atoms with Crippen LogP contribution in [-0.4, -0.2) is 45.7 Å². The predicted molar refractivity (Wildman–Crippen MR) is 122 cm³/mol. The fraction of sp³-hybridized carbons (Fsp3) is 0.440. The van der Waals surface area contributed by atoms with Crippen molar-refractivity contribution in [1.82, 2.24) is 20.0 Å². The van der Waals surface area contributed by atoms with E-state index in [1.807, 2.05) is 29.2 Å². The van der Waals surface area contributed by atoms with Gasteiger partial charge in [0.1, 0.15) is 12.3 Å². The van der Waals surface area contributed by atoms with E-state index in [2.05, 4.69) is 23.4 Å². The van der Waals surface area contributed by atoms with Gasteiger partial charge in [-0.05, 0) is 42.4 Å². The summed E-state index contributed by atoms with van der Waals surface area (Å²) in [5.74, 6) is 0.360. The maximum Gasteiger partial charge on any atom is 0.222 e. The Bertz CT molecular complexity index is 1030. The highest BCUT2D eigenvalue weighted by molar-refractivity contribution is 5.97. The van der Waals surface area contributed by atoms with Crippen molar-refractivity contribution in [1.29, 1.82) is 0 Å². The second-order valence-electron chi connectivity index (χ2n) is 8.99. The summed E-state index contributed by atoms with van der Waals surface area (Å²) in [4.78, 5) is 38.9. The van der Waals surface area contributed by atoms with Crippen LogP contribution in [0.4, 0.5) is 0 Å². The van der Waals surface area contributed by atoms with Crippen molar-refractivity contribution in [2.45, 2.75) is 38.6 Å². The molecule has 1 saturated heterocycles. The van der Waals surface area contributed by atoms with E-state index in [4.69, 9.17) is 0 Å². The van der Waals surface area contributed by atoms with E-state index in [1.165, 1.54) is 0 Å². The normalized spacial score (nSPS) is 19.5. The van der Waals surface area contributed by atoms with Crippen LogP contribution < -0.4 is 5.32 Å². The van der Waals surface area contributed by atoms with Gasteiger partial charge in [-0.3, -0.25) is 14.3 Å². The Morgan fingerprint density at radius 3 is 2.69 bits per heavy atom. The van der Waals surface area contributed by atoms with Gasteiger partial charge in [-0.2, -0.15) is 5.10 Å². The van der Waals surface area contributed by atoms with Crippen molar-refractivity contribution in [3.8, 4) is 0 Å². The van der Waals surface area contributed by atoms with Crippen LogP contribution in [0.5, 0.6) is 0 Å². The molecule has 7 heteroatoms. The monoisotopic (exact) mass is 434 g/mol. The number of aromatic nitrogens is 2. The molecule has 2 aromatic rings. The number of carbonyl (C=O) groups is 3. The lowest BCUT2D eigenvalue weighted by molar-refractivity contribution is -0.133. The molecule has 32 heavy (non-hydrogen) atoms. The van der Waals surface area contributed by atoms with E-state index >= 15 is 0 Å². The zero-order valence-electron chi connectivity index (χ0n) is 18.7. The molecule has 0 spiro atoms. The molecule has 1 N–H and O–H groups in total. The highest BCUT2D eigenvalue weighted by Crippen LogP contribution is 2.29. The van der Waals surface area contributed by atoms with Gasteiger partial charge >= 0.3 is 0 Å². The second-order valence-corrected chi connectivity index (χ2v) is 8.99. The summed E-state index contributed by atoms with van der Waals surface area (Å²) in [6, 6.07) is 7.54. The van der Waals surface area contributed by atoms with Crippen molar-refractivity contribution in [2.24, 2.45) is 18.9 Å². The van der Waals surface area contributed by atoms with Gasteiger partial charge in [0.05, 0.1) is 11.8 Å². The first kappa shape index (κ1) is 22.0. The molecule has 1 unspecified atom stereocenters. The lowest BCUT2D eigenvalue weighted by Crippen LogP contribution is -2.40. The van der Waals surface area contributed by atoms with Gasteiger partial charge in [-0.1, -0.05) is 31.2 Å². The summed E-state index contributed by atoms with van der Waals surface area (Å²) in [7, 11) is 1.80. The van der Waals surface area contributed by atoms with Gasteiger partial charge in [0.25, 0.3) is 0 Å². The second kappa shape index (κ2) is 9.51. The molecule has 1 aromatic heterocycles. The van der Waals surface area contributed by atoms with Gasteiger partial charge < -0.3 is 15.0 Å². The molecule has 7 nitrogen and oxygen atoms in total. The third-order valence-electron chi connectivity index (χ3n) is 6.44. The molecule has 0 aliphatic carbocycles. The molecule has 0 saturated carbocycles. The molecule has 2 aliphatic heterocycles. The third kappa shape index (κ3) is 4.82. The van der Waals surface area contributed by atoms with Gasteiger partial charge in [-0.15, -0.1) is 0 Å². The van der Waals surface area contributed by atoms with E-state index in [-0.39, 0.29) is 29.6 Å². The van der Waals surface area contributed by atoms with Gasteiger partial charge in [0.15, 0.2) is 5.78 Å². The number of allylic oxidation sites excluding steroid dienone is 1. The van der Waals surface area contributed by atoms with E-state index in [0.717, 1.165) is 23.1 Å². The Morgan fingerprint density at radius 1 is 1.25 bits per heavy atom. The Labute approximate surface area is 188 Å². The molecule has 2 atom stereocenters. The number of piperidine rings is 1. The van der Waals surface area contributed by atoms with Crippen LogP contribution in [0.25, 0.3) is 6.08 Å². The van der Waals surface area contributed by atoms with Crippen LogP contribution in [0.2, 0.25) is 0 Å². The first-order valence-corrected chi connectivity index (χ1v) is 11.3. The number of carbonyl (C=O) groups excluding carboxylic acids is 3. The molecule has 1 amide bonds. The lowest BCUT2D eigenvalue weighted by Gasteiger charge is -2.32. The van der Waals surface area contributed by atoms with E-state index < -0.39 is 0 Å². The van der Waals surface area contributed by atoms with Crippen LogP contribution >= 0.6 is 0 Å². The summed E-state index contributed by atoms with van der Waals surface area (Å²) in [5, 5.41) is 7.38. The fourth-order valence-corrected chi connectivity index (χ4v) is 4.71. The van der Waals surface area contributed by atoms with Crippen LogP contribution in [0, 0.1) is 11.8 Å². The summed E-state index contributed by atoms with van der Waals surface area (Å²) < 4.78 is 1.64. The molecule has 1 aromatic carbocycles. The van der Waals surface area contributed by atoms with Crippen molar-refractivity contribution < 1.29 is 14.4 Å². The molecule has 4 rings (SSSR count). The summed E-state index contributed by atoms with van der Waals surface area (Å²) in [6.45, 7) is 3.29. The molecular weight excluding hydrogens is 404 g/mol. The first-order chi connectivity index (χ1) is 15.4. The fourth-order valence-electron chi connectivity index (χ4n) is 4.71. The number of hydrogen-bond donors (Lipinski definition) is 1. The minimum atomic E-state index is -0.342. The Morgan fingerprint density at radius 2 is 2.00 bits per heavy atom. The molecule has 0 radical (unpaired) electrons. The van der Waals surface area contributed by atoms with Crippen molar-refractivity contribution in [3.05, 3.63) is 59.0 Å². The zero-order chi connectivity index (χ0) is 22.7. The number of nitrogens with zero attached hydrogens (tertiary/aromatic N) is 3. The highest BCUT2D eigenvalue weighted by atomic mass is 16.2. The van der Waals surface area contributed by atoms with Crippen LogP contribution in [-0.2, 0) is 16.6 Å². The molecule has 168 valence electrons. The molecule has 3 heterocycles. The minimum absolute atomic E-state index is 0.0439. The van der Waals surface area contributed by atoms with Crippen LogP contribution in [0.15, 0.2) is 42.4 Å². The molecule has 1 fully saturated rings. The first-order valence-electron chi connectivity index (χ1n) is 11.3. The quantitative estimate of drug-likeness (QED) is 0.535. The number of fused-ring (bicyclic) bond motifs is 1. The average molecular weight is 435 g/mol. The van der Waals surface area contributed by atoms with Crippen molar-refractivity contribution >= 4 is 24.1 Å². The predicted octanol–water partition coefficient (Wildman–Crippen LogP) is 3.14. The number of likely N-dealkylation sites (tertiary alicyclic amines) is 1. The number of aryl methyl sites for hydroxylation is 1. The van der Waals surface area contributed by atoms with Crippen molar-refractivity contribution in [2.75, 3.05) is 13.1 Å². The van der Waals surface area contributed by atoms with Gasteiger partial charge in [-0.25, -0.2) is 0 Å². The molecule has 2 aliphatic rings. The number of amides is 1. The van der Waals surface area contributed by atoms with Gasteiger partial charge in [0.2, 0.25) is 5.91 Å². The topological polar surface area (TPSA) is 84.3 Å². The summed E-state index contributed by atoms with van der Waals surface area (Å²) >= 11 is 0. The maximum atomic E-state index is 12.9. The number of nitrogens with one attached hydrogen (secondary N) is 1. The maximum absolute atomic E-state index is 12.9. The number of Topliss-reactive ketones (excluding diaryl/α,β-unsaturated/α-hetero) is 1. The standard InChI is InChI=1S/C25H30N4O3/c1-17(11-21-13-19-5-3-4-6-22(19)23(16-30)27-21)12-24(31)29-9-7-18(8-10-29)25(32)20-14-26-28(2)15-20/h3-6,13-18,23,27H,7-12H2,1-2H3/t17-,23?/m1/s1. The Balaban J connectivity index is 1.29. The molecule has 0 bridgehead atoms.